The van der Waals surface area contributed by atoms with Crippen molar-refractivity contribution in [1.29, 1.82) is 0 Å². The largest absolute Gasteiger partial charge is 0.465 e. The number of nitrogens with one attached hydrogen (secondary N) is 1. The summed E-state index contributed by atoms with van der Waals surface area (Å²) in [5, 5.41) is 3.94. The lowest BCUT2D eigenvalue weighted by atomic mass is 9.82. The van der Waals surface area contributed by atoms with Crippen molar-refractivity contribution in [2.24, 2.45) is 5.92 Å². The monoisotopic (exact) mass is 310 g/mol. The van der Waals surface area contributed by atoms with Gasteiger partial charge >= 0.3 is 5.97 Å². The van der Waals surface area contributed by atoms with Gasteiger partial charge in [-0.2, -0.15) is 0 Å². The van der Waals surface area contributed by atoms with Crippen molar-refractivity contribution in [1.82, 2.24) is 0 Å². The highest BCUT2D eigenvalue weighted by molar-refractivity contribution is 6.34. The summed E-state index contributed by atoms with van der Waals surface area (Å²) in [7, 11) is 1.36. The number of rotatable bonds is 4. The normalized spacial score (nSPS) is 21.9. The Morgan fingerprint density at radius 3 is 2.81 bits per heavy atom. The standard InChI is InChI=1S/C16H23ClN2O2/c1-3-10-6-4-5-7-14(10)19-15-12(16(20)21-2)8-11(18)9-13(15)17/h8-10,14,19H,3-7,18H2,1-2H3. The van der Waals surface area contributed by atoms with Gasteiger partial charge in [-0.05, 0) is 30.9 Å². The third-order valence-corrected chi connectivity index (χ3v) is 4.58. The van der Waals surface area contributed by atoms with Crippen LogP contribution in [-0.4, -0.2) is 19.1 Å². The molecule has 0 radical (unpaired) electrons. The molecule has 3 N–H and O–H groups in total. The van der Waals surface area contributed by atoms with Crippen LogP contribution in [0.4, 0.5) is 11.4 Å². The number of methoxy groups -OCH3 is 1. The van der Waals surface area contributed by atoms with E-state index in [4.69, 9.17) is 22.1 Å². The first-order valence-corrected chi connectivity index (χ1v) is 7.88. The smallest absolute Gasteiger partial charge is 0.340 e. The second-order valence-corrected chi connectivity index (χ2v) is 6.03. The molecule has 2 unspecified atom stereocenters. The fourth-order valence-corrected chi connectivity index (χ4v) is 3.40. The van der Waals surface area contributed by atoms with E-state index >= 15 is 0 Å². The molecule has 0 saturated heterocycles. The minimum atomic E-state index is -0.421. The number of esters is 1. The average Bonchev–Trinajstić information content (AvgIpc) is 2.49. The zero-order chi connectivity index (χ0) is 15.4. The van der Waals surface area contributed by atoms with Crippen LogP contribution in [-0.2, 0) is 4.74 Å². The Bertz CT molecular complexity index is 519. The van der Waals surface area contributed by atoms with E-state index in [2.05, 4.69) is 12.2 Å². The molecule has 0 spiro atoms. The van der Waals surface area contributed by atoms with Crippen LogP contribution < -0.4 is 11.1 Å². The third-order valence-electron chi connectivity index (χ3n) is 4.28. The number of hydrogen-bond acceptors (Lipinski definition) is 4. The molecule has 2 atom stereocenters. The molecule has 2 rings (SSSR count). The molecule has 0 aliphatic heterocycles. The molecule has 1 fully saturated rings. The Labute approximate surface area is 131 Å². The van der Waals surface area contributed by atoms with Crippen molar-refractivity contribution in [3.05, 3.63) is 22.7 Å². The van der Waals surface area contributed by atoms with Crippen molar-refractivity contribution < 1.29 is 9.53 Å². The lowest BCUT2D eigenvalue weighted by Gasteiger charge is -2.33. The first-order valence-electron chi connectivity index (χ1n) is 7.50. The molecular formula is C16H23ClN2O2. The molecule has 0 bridgehead atoms. The Morgan fingerprint density at radius 1 is 1.43 bits per heavy atom. The molecule has 1 aliphatic carbocycles. The molecule has 5 heteroatoms. The van der Waals surface area contributed by atoms with Crippen LogP contribution in [0.1, 0.15) is 49.4 Å². The van der Waals surface area contributed by atoms with Crippen LogP contribution in [0.5, 0.6) is 0 Å². The lowest BCUT2D eigenvalue weighted by molar-refractivity contribution is 0.0601. The first-order chi connectivity index (χ1) is 10.1. The number of anilines is 2. The van der Waals surface area contributed by atoms with Gasteiger partial charge < -0.3 is 15.8 Å². The quantitative estimate of drug-likeness (QED) is 0.649. The topological polar surface area (TPSA) is 64.3 Å². The average molecular weight is 311 g/mol. The molecule has 21 heavy (non-hydrogen) atoms. The zero-order valence-electron chi connectivity index (χ0n) is 12.6. The van der Waals surface area contributed by atoms with E-state index in [1.54, 1.807) is 12.1 Å². The number of halogens is 1. The molecule has 116 valence electrons. The minimum Gasteiger partial charge on any atom is -0.465 e. The second-order valence-electron chi connectivity index (χ2n) is 5.62. The van der Waals surface area contributed by atoms with Crippen LogP contribution in [0.2, 0.25) is 5.02 Å². The molecule has 1 aromatic carbocycles. The van der Waals surface area contributed by atoms with Crippen LogP contribution in [0.3, 0.4) is 0 Å². The number of ether oxygens (including phenoxy) is 1. The maximum absolute atomic E-state index is 12.0. The first kappa shape index (κ1) is 16.0. The molecule has 1 saturated carbocycles. The van der Waals surface area contributed by atoms with Gasteiger partial charge in [0.05, 0.1) is 23.4 Å². The molecule has 1 aromatic rings. The Balaban J connectivity index is 2.31. The SMILES string of the molecule is CCC1CCCCC1Nc1c(Cl)cc(N)cc1C(=O)OC. The lowest BCUT2D eigenvalue weighted by Crippen LogP contribution is -2.32. The molecular weight excluding hydrogens is 288 g/mol. The van der Waals surface area contributed by atoms with Crippen LogP contribution in [0.25, 0.3) is 0 Å². The fourth-order valence-electron chi connectivity index (χ4n) is 3.12. The third kappa shape index (κ3) is 3.62. The summed E-state index contributed by atoms with van der Waals surface area (Å²) in [6.45, 7) is 2.20. The highest BCUT2D eigenvalue weighted by Gasteiger charge is 2.26. The van der Waals surface area contributed by atoms with Crippen molar-refractivity contribution in [2.45, 2.75) is 45.1 Å². The number of nitrogen functional groups attached to an aromatic ring is 1. The van der Waals surface area contributed by atoms with E-state index in [0.717, 1.165) is 12.8 Å². The summed E-state index contributed by atoms with van der Waals surface area (Å²) >= 11 is 6.30. The predicted octanol–water partition coefficient (Wildman–Crippen LogP) is 4.09. The highest BCUT2D eigenvalue weighted by atomic mass is 35.5. The van der Waals surface area contributed by atoms with Gasteiger partial charge in [-0.1, -0.05) is 37.8 Å². The van der Waals surface area contributed by atoms with Crippen molar-refractivity contribution in [3.8, 4) is 0 Å². The Morgan fingerprint density at radius 2 is 2.14 bits per heavy atom. The number of carbonyl (C=O) groups excluding carboxylic acids is 1. The number of hydrogen-bond donors (Lipinski definition) is 2. The van der Waals surface area contributed by atoms with Gasteiger partial charge in [0.25, 0.3) is 0 Å². The maximum atomic E-state index is 12.0. The number of benzene rings is 1. The number of nitrogens with two attached hydrogens (primary N) is 1. The summed E-state index contributed by atoms with van der Waals surface area (Å²) in [6.07, 6.45) is 5.91. The zero-order valence-corrected chi connectivity index (χ0v) is 13.4. The van der Waals surface area contributed by atoms with Gasteiger partial charge in [-0.15, -0.1) is 0 Å². The predicted molar refractivity (Wildman–Crippen MR) is 86.9 cm³/mol. The van der Waals surface area contributed by atoms with E-state index in [1.807, 2.05) is 0 Å². The van der Waals surface area contributed by atoms with E-state index in [-0.39, 0.29) is 0 Å². The Hall–Kier alpha value is -1.42. The van der Waals surface area contributed by atoms with Gasteiger partial charge in [0.2, 0.25) is 0 Å². The summed E-state index contributed by atoms with van der Waals surface area (Å²) < 4.78 is 4.84. The van der Waals surface area contributed by atoms with Crippen molar-refractivity contribution in [2.75, 3.05) is 18.2 Å². The molecule has 0 heterocycles. The van der Waals surface area contributed by atoms with Gasteiger partial charge in [-0.25, -0.2) is 4.79 Å². The van der Waals surface area contributed by atoms with E-state index in [0.29, 0.717) is 33.9 Å². The van der Waals surface area contributed by atoms with E-state index in [1.165, 1.54) is 26.4 Å². The minimum absolute atomic E-state index is 0.341. The van der Waals surface area contributed by atoms with E-state index < -0.39 is 5.97 Å². The molecule has 0 aromatic heterocycles. The summed E-state index contributed by atoms with van der Waals surface area (Å²) in [5.74, 6) is 0.188. The second kappa shape index (κ2) is 7.03. The summed E-state index contributed by atoms with van der Waals surface area (Å²) in [5.41, 5.74) is 7.29. The van der Waals surface area contributed by atoms with Gasteiger partial charge in [0.1, 0.15) is 0 Å². The van der Waals surface area contributed by atoms with Crippen LogP contribution >= 0.6 is 11.6 Å². The summed E-state index contributed by atoms with van der Waals surface area (Å²) in [4.78, 5) is 12.0. The van der Waals surface area contributed by atoms with Gasteiger partial charge in [0, 0.05) is 11.7 Å². The van der Waals surface area contributed by atoms with Gasteiger partial charge in [0.15, 0.2) is 0 Å². The highest BCUT2D eigenvalue weighted by Crippen LogP contribution is 2.35. The Kier molecular flexibility index (Phi) is 5.34. The van der Waals surface area contributed by atoms with Crippen LogP contribution in [0.15, 0.2) is 12.1 Å². The van der Waals surface area contributed by atoms with Crippen molar-refractivity contribution >= 4 is 28.9 Å². The summed E-state index contributed by atoms with van der Waals surface area (Å²) in [6, 6.07) is 3.62. The fraction of sp³-hybridized carbons (Fsp3) is 0.562. The molecule has 1 aliphatic rings. The maximum Gasteiger partial charge on any atom is 0.340 e. The van der Waals surface area contributed by atoms with Crippen LogP contribution in [0, 0.1) is 5.92 Å². The number of carbonyl (C=O) groups is 1. The van der Waals surface area contributed by atoms with Gasteiger partial charge in [-0.3, -0.25) is 0 Å². The van der Waals surface area contributed by atoms with E-state index in [9.17, 15) is 4.79 Å². The molecule has 4 nitrogen and oxygen atoms in total. The molecule has 0 amide bonds. The van der Waals surface area contributed by atoms with Crippen molar-refractivity contribution in [3.63, 3.8) is 0 Å².